The smallest absolute Gasteiger partial charge is 0.315 e. The summed E-state index contributed by atoms with van der Waals surface area (Å²) in [6.45, 7) is 0.153. The number of alkyl halides is 3. The van der Waals surface area contributed by atoms with Crippen LogP contribution in [0.4, 0.5) is 24.5 Å². The van der Waals surface area contributed by atoms with E-state index in [0.717, 1.165) is 17.8 Å². The number of carbonyl (C=O) groups is 2. The van der Waals surface area contributed by atoms with E-state index in [-0.39, 0.29) is 24.8 Å². The Balaban J connectivity index is 1.73. The molecule has 1 unspecified atom stereocenters. The first-order chi connectivity index (χ1) is 12.3. The van der Waals surface area contributed by atoms with Crippen molar-refractivity contribution in [2.75, 3.05) is 23.4 Å². The molecular formula is C19H17F3N2O2. The number of nitrogens with zero attached hydrogens (tertiary/aromatic N) is 2. The molecule has 2 aromatic rings. The first-order valence-corrected chi connectivity index (χ1v) is 8.07. The van der Waals surface area contributed by atoms with Gasteiger partial charge in [-0.05, 0) is 36.4 Å². The van der Waals surface area contributed by atoms with Crippen LogP contribution in [-0.4, -0.2) is 25.4 Å². The van der Waals surface area contributed by atoms with Gasteiger partial charge in [0.05, 0.1) is 11.5 Å². The molecule has 0 saturated carbocycles. The van der Waals surface area contributed by atoms with Crippen LogP contribution < -0.4 is 9.80 Å². The second kappa shape index (κ2) is 6.82. The zero-order valence-corrected chi connectivity index (χ0v) is 14.0. The van der Waals surface area contributed by atoms with Crippen LogP contribution in [0, 0.1) is 5.92 Å². The molecule has 1 aliphatic rings. The number of halogens is 3. The third kappa shape index (κ3) is 3.56. The van der Waals surface area contributed by atoms with Crippen molar-refractivity contribution in [1.29, 1.82) is 0 Å². The topological polar surface area (TPSA) is 40.6 Å². The summed E-state index contributed by atoms with van der Waals surface area (Å²) in [5.74, 6) is -1.00. The Morgan fingerprint density at radius 2 is 1.69 bits per heavy atom. The molecule has 1 atom stereocenters. The van der Waals surface area contributed by atoms with Gasteiger partial charge >= 0.3 is 6.18 Å². The number of benzene rings is 2. The van der Waals surface area contributed by atoms with Crippen molar-refractivity contribution in [3.8, 4) is 0 Å². The van der Waals surface area contributed by atoms with Gasteiger partial charge in [-0.25, -0.2) is 0 Å². The maximum absolute atomic E-state index is 12.7. The third-order valence-corrected chi connectivity index (χ3v) is 4.45. The molecule has 0 aliphatic carbocycles. The highest BCUT2D eigenvalue weighted by Gasteiger charge is 2.37. The van der Waals surface area contributed by atoms with Crippen molar-refractivity contribution in [1.82, 2.24) is 0 Å². The standard InChI is InChI=1S/C19H17F3N2O2/c1-23(15-5-3-2-4-6-15)18(26)13-11-17(25)24(12-13)16-9-7-14(8-10-16)19(20,21)22/h2-10,13H,11-12H2,1H3. The summed E-state index contributed by atoms with van der Waals surface area (Å²) in [7, 11) is 1.64. The molecule has 0 aromatic heterocycles. The van der Waals surface area contributed by atoms with Crippen molar-refractivity contribution in [3.63, 3.8) is 0 Å². The van der Waals surface area contributed by atoms with Crippen LogP contribution in [-0.2, 0) is 15.8 Å². The van der Waals surface area contributed by atoms with E-state index in [1.54, 1.807) is 19.2 Å². The fraction of sp³-hybridized carbons (Fsp3) is 0.263. The number of carbonyl (C=O) groups excluding carboxylic acids is 2. The Morgan fingerprint density at radius 1 is 1.08 bits per heavy atom. The largest absolute Gasteiger partial charge is 0.416 e. The molecule has 0 N–H and O–H groups in total. The maximum atomic E-state index is 12.7. The van der Waals surface area contributed by atoms with Crippen molar-refractivity contribution in [3.05, 3.63) is 60.2 Å². The first kappa shape index (κ1) is 18.0. The van der Waals surface area contributed by atoms with E-state index in [1.165, 1.54) is 21.9 Å². The molecule has 7 heteroatoms. The molecule has 1 aliphatic heterocycles. The molecule has 1 heterocycles. The van der Waals surface area contributed by atoms with Crippen LogP contribution >= 0.6 is 0 Å². The predicted octanol–water partition coefficient (Wildman–Crippen LogP) is 3.72. The molecule has 0 bridgehead atoms. The zero-order valence-electron chi connectivity index (χ0n) is 14.0. The Morgan fingerprint density at radius 3 is 2.27 bits per heavy atom. The fourth-order valence-electron chi connectivity index (χ4n) is 3.01. The van der Waals surface area contributed by atoms with Crippen molar-refractivity contribution in [2.24, 2.45) is 5.92 Å². The first-order valence-electron chi connectivity index (χ1n) is 8.07. The minimum absolute atomic E-state index is 0.0387. The monoisotopic (exact) mass is 362 g/mol. The minimum atomic E-state index is -4.43. The summed E-state index contributed by atoms with van der Waals surface area (Å²) in [5, 5.41) is 0. The SMILES string of the molecule is CN(C(=O)C1CC(=O)N(c2ccc(C(F)(F)F)cc2)C1)c1ccccc1. The molecule has 0 radical (unpaired) electrons. The molecule has 1 fully saturated rings. The van der Waals surface area contributed by atoms with E-state index in [2.05, 4.69) is 0 Å². The number of amides is 2. The van der Waals surface area contributed by atoms with Gasteiger partial charge in [0.25, 0.3) is 0 Å². The number of hydrogen-bond donors (Lipinski definition) is 0. The summed E-state index contributed by atoms with van der Waals surface area (Å²) in [4.78, 5) is 27.8. The van der Waals surface area contributed by atoms with Crippen molar-refractivity contribution >= 4 is 23.2 Å². The highest BCUT2D eigenvalue weighted by Crippen LogP contribution is 2.32. The van der Waals surface area contributed by atoms with Gasteiger partial charge in [-0.1, -0.05) is 18.2 Å². The molecule has 0 spiro atoms. The van der Waals surface area contributed by atoms with Crippen LogP contribution in [0.1, 0.15) is 12.0 Å². The van der Waals surface area contributed by atoms with Crippen LogP contribution in [0.25, 0.3) is 0 Å². The lowest BCUT2D eigenvalue weighted by molar-refractivity contribution is -0.137. The van der Waals surface area contributed by atoms with E-state index in [0.29, 0.717) is 5.69 Å². The van der Waals surface area contributed by atoms with E-state index in [9.17, 15) is 22.8 Å². The number of anilines is 2. The molecule has 3 rings (SSSR count). The zero-order chi connectivity index (χ0) is 18.9. The van der Waals surface area contributed by atoms with E-state index in [4.69, 9.17) is 0 Å². The maximum Gasteiger partial charge on any atom is 0.416 e. The summed E-state index contributed by atoms with van der Waals surface area (Å²) in [5.41, 5.74) is 0.308. The molecule has 1 saturated heterocycles. The van der Waals surface area contributed by atoms with Gasteiger partial charge in [-0.3, -0.25) is 9.59 Å². The lowest BCUT2D eigenvalue weighted by atomic mass is 10.1. The van der Waals surface area contributed by atoms with Crippen molar-refractivity contribution in [2.45, 2.75) is 12.6 Å². The molecule has 2 aromatic carbocycles. The quantitative estimate of drug-likeness (QED) is 0.835. The molecule has 26 heavy (non-hydrogen) atoms. The van der Waals surface area contributed by atoms with Gasteiger partial charge in [-0.2, -0.15) is 13.2 Å². The van der Waals surface area contributed by atoms with Crippen LogP contribution in [0.5, 0.6) is 0 Å². The van der Waals surface area contributed by atoms with E-state index < -0.39 is 17.7 Å². The van der Waals surface area contributed by atoms with Gasteiger partial charge in [0.1, 0.15) is 0 Å². The lowest BCUT2D eigenvalue weighted by Crippen LogP contribution is -2.34. The summed E-state index contributed by atoms with van der Waals surface area (Å²) >= 11 is 0. The Bertz CT molecular complexity index is 804. The van der Waals surface area contributed by atoms with Gasteiger partial charge in [0.15, 0.2) is 0 Å². The molecule has 2 amide bonds. The highest BCUT2D eigenvalue weighted by molar-refractivity contribution is 6.04. The average molecular weight is 362 g/mol. The summed E-state index contributed by atoms with van der Waals surface area (Å²) < 4.78 is 38.0. The number of rotatable bonds is 3. The Kier molecular flexibility index (Phi) is 4.71. The minimum Gasteiger partial charge on any atom is -0.315 e. The van der Waals surface area contributed by atoms with Crippen LogP contribution in [0.15, 0.2) is 54.6 Å². The highest BCUT2D eigenvalue weighted by atomic mass is 19.4. The molecular weight excluding hydrogens is 345 g/mol. The number of hydrogen-bond acceptors (Lipinski definition) is 2. The van der Waals surface area contributed by atoms with Gasteiger partial charge < -0.3 is 9.80 Å². The Hall–Kier alpha value is -2.83. The average Bonchev–Trinajstić information content (AvgIpc) is 3.02. The second-order valence-electron chi connectivity index (χ2n) is 6.18. The fourth-order valence-corrected chi connectivity index (χ4v) is 3.01. The predicted molar refractivity (Wildman–Crippen MR) is 91.8 cm³/mol. The summed E-state index contributed by atoms with van der Waals surface area (Å²) in [6.07, 6.45) is -4.39. The second-order valence-corrected chi connectivity index (χ2v) is 6.18. The third-order valence-electron chi connectivity index (χ3n) is 4.45. The van der Waals surface area contributed by atoms with Gasteiger partial charge in [-0.15, -0.1) is 0 Å². The van der Waals surface area contributed by atoms with Crippen LogP contribution in [0.3, 0.4) is 0 Å². The van der Waals surface area contributed by atoms with E-state index in [1.807, 2.05) is 18.2 Å². The summed E-state index contributed by atoms with van der Waals surface area (Å²) in [6, 6.07) is 13.4. The van der Waals surface area contributed by atoms with E-state index >= 15 is 0 Å². The Labute approximate surface area is 148 Å². The van der Waals surface area contributed by atoms with Gasteiger partial charge in [0, 0.05) is 31.4 Å². The van der Waals surface area contributed by atoms with Gasteiger partial charge in [0.2, 0.25) is 11.8 Å². The number of para-hydroxylation sites is 1. The normalized spacial score (nSPS) is 17.5. The molecule has 4 nitrogen and oxygen atoms in total. The van der Waals surface area contributed by atoms with Crippen molar-refractivity contribution < 1.29 is 22.8 Å². The van der Waals surface area contributed by atoms with Crippen LogP contribution in [0.2, 0.25) is 0 Å². The molecule has 136 valence electrons. The lowest BCUT2D eigenvalue weighted by Gasteiger charge is -2.21.